The van der Waals surface area contributed by atoms with E-state index in [1.165, 1.54) is 13.8 Å². The maximum atomic E-state index is 13.1. The van der Waals surface area contributed by atoms with E-state index in [4.69, 9.17) is 5.73 Å². The summed E-state index contributed by atoms with van der Waals surface area (Å²) in [5.41, 5.74) is 7.23. The summed E-state index contributed by atoms with van der Waals surface area (Å²) in [5, 5.41) is 36.4. The summed E-state index contributed by atoms with van der Waals surface area (Å²) < 4.78 is 0. The maximum Gasteiger partial charge on any atom is 0.328 e. The highest BCUT2D eigenvalue weighted by Gasteiger charge is 2.32. The molecule has 6 atom stereocenters. The minimum Gasteiger partial charge on any atom is -0.480 e. The fraction of sp³-hybridized carbons (Fsp3) is 0.455. The molecule has 0 aliphatic rings. The molecule has 0 saturated carbocycles. The molecule has 0 saturated heterocycles. The van der Waals surface area contributed by atoms with Crippen LogP contribution >= 0.6 is 12.6 Å². The van der Waals surface area contributed by atoms with Crippen molar-refractivity contribution in [3.8, 4) is 0 Å². The second-order valence-electron chi connectivity index (χ2n) is 8.20. The Morgan fingerprint density at radius 2 is 1.57 bits per heavy atom. The summed E-state index contributed by atoms with van der Waals surface area (Å²) in [4.78, 5) is 52.6. The number of carboxylic acids is 1. The lowest BCUT2D eigenvalue weighted by Gasteiger charge is -2.25. The van der Waals surface area contributed by atoms with Crippen molar-refractivity contribution < 1.29 is 34.5 Å². The number of amides is 3. The van der Waals surface area contributed by atoms with Gasteiger partial charge in [0.15, 0.2) is 6.04 Å². The number of rotatable bonds is 12. The molecule has 0 aliphatic heterocycles. The van der Waals surface area contributed by atoms with Gasteiger partial charge in [0.1, 0.15) is 18.1 Å². The molecule has 12 nitrogen and oxygen atoms in total. The molecule has 0 radical (unpaired) electrons. The molecule has 1 aromatic heterocycles. The number of thiol groups is 1. The van der Waals surface area contributed by atoms with Crippen LogP contribution in [0.1, 0.15) is 19.4 Å². The Morgan fingerprint density at radius 1 is 0.971 bits per heavy atom. The summed E-state index contributed by atoms with van der Waals surface area (Å²) in [6.07, 6.45) is -0.838. The average Bonchev–Trinajstić information content (AvgIpc) is 3.21. The molecule has 2 aromatic rings. The summed E-state index contributed by atoms with van der Waals surface area (Å²) in [7, 11) is 0. The molecule has 6 unspecified atom stereocenters. The number of fused-ring (bicyclic) bond motifs is 1. The molecule has 0 bridgehead atoms. The van der Waals surface area contributed by atoms with E-state index in [-0.39, 0.29) is 12.2 Å². The van der Waals surface area contributed by atoms with Gasteiger partial charge in [-0.2, -0.15) is 12.6 Å². The van der Waals surface area contributed by atoms with Crippen molar-refractivity contribution in [2.45, 2.75) is 56.6 Å². The Kier molecular flexibility index (Phi) is 10.1. The number of aliphatic hydroxyl groups excluding tert-OH is 2. The molecule has 2 rings (SSSR count). The molecule has 192 valence electrons. The fourth-order valence-corrected chi connectivity index (χ4v) is 3.58. The second kappa shape index (κ2) is 12.5. The number of H-pyrrole nitrogens is 1. The quantitative estimate of drug-likeness (QED) is 0.150. The largest absolute Gasteiger partial charge is 0.480 e. The van der Waals surface area contributed by atoms with Crippen LogP contribution in [0.3, 0.4) is 0 Å². The van der Waals surface area contributed by atoms with Crippen LogP contribution in [0.5, 0.6) is 0 Å². The van der Waals surface area contributed by atoms with Gasteiger partial charge in [-0.1, -0.05) is 18.2 Å². The van der Waals surface area contributed by atoms with Gasteiger partial charge in [0.25, 0.3) is 0 Å². The number of nitrogens with two attached hydrogens (primary N) is 1. The standard InChI is InChI=1S/C22H31N5O7S/c1-10(28)17(23)21(32)25-15(7-12-8-24-14-6-4-3-5-13(12)14)19(30)26-16(9-35)20(31)27-18(11(2)29)22(33)34/h3-6,8,10-11,15-18,24,28-29,35H,7,9,23H2,1-2H3,(H,25,32)(H,26,30)(H,27,31)(H,33,34). The molecule has 1 aromatic carbocycles. The fourth-order valence-electron chi connectivity index (χ4n) is 3.33. The van der Waals surface area contributed by atoms with Crippen LogP contribution in [-0.4, -0.2) is 86.1 Å². The summed E-state index contributed by atoms with van der Waals surface area (Å²) in [5.74, 6) is -4.04. The highest BCUT2D eigenvalue weighted by atomic mass is 32.1. The first-order valence-corrected chi connectivity index (χ1v) is 11.5. The first kappa shape index (κ1) is 28.1. The van der Waals surface area contributed by atoms with Crippen molar-refractivity contribution in [1.29, 1.82) is 0 Å². The van der Waals surface area contributed by atoms with E-state index in [0.717, 1.165) is 10.9 Å². The van der Waals surface area contributed by atoms with Crippen molar-refractivity contribution >= 4 is 47.2 Å². The Bertz CT molecular complexity index is 1060. The van der Waals surface area contributed by atoms with E-state index < -0.39 is 60.1 Å². The number of aromatic nitrogens is 1. The zero-order chi connectivity index (χ0) is 26.3. The normalized spacial score (nSPS) is 16.4. The number of carboxylic acid groups (broad SMARTS) is 1. The number of benzene rings is 1. The number of aliphatic hydroxyl groups is 2. The number of nitrogens with one attached hydrogen (secondary N) is 4. The van der Waals surface area contributed by atoms with E-state index in [1.807, 2.05) is 24.3 Å². The van der Waals surface area contributed by atoms with Gasteiger partial charge in [-0.15, -0.1) is 0 Å². The minimum atomic E-state index is -1.59. The van der Waals surface area contributed by atoms with Gasteiger partial charge in [0.2, 0.25) is 17.7 Å². The van der Waals surface area contributed by atoms with Crippen LogP contribution < -0.4 is 21.7 Å². The van der Waals surface area contributed by atoms with Crippen LogP contribution in [0, 0.1) is 0 Å². The molecule has 0 aliphatic carbocycles. The van der Waals surface area contributed by atoms with Gasteiger partial charge >= 0.3 is 5.97 Å². The third kappa shape index (κ3) is 7.42. The monoisotopic (exact) mass is 509 g/mol. The Labute approximate surface area is 207 Å². The molecule has 1 heterocycles. The van der Waals surface area contributed by atoms with Crippen LogP contribution in [-0.2, 0) is 25.6 Å². The molecule has 35 heavy (non-hydrogen) atoms. The Hall–Kier alpha value is -3.13. The van der Waals surface area contributed by atoms with Crippen molar-refractivity contribution in [2.75, 3.05) is 5.75 Å². The van der Waals surface area contributed by atoms with Crippen LogP contribution in [0.2, 0.25) is 0 Å². The van der Waals surface area contributed by atoms with Crippen LogP contribution in [0.4, 0.5) is 0 Å². The Morgan fingerprint density at radius 3 is 2.14 bits per heavy atom. The molecule has 13 heteroatoms. The molecule has 0 fully saturated rings. The van der Waals surface area contributed by atoms with Gasteiger partial charge in [-0.25, -0.2) is 4.79 Å². The van der Waals surface area contributed by atoms with E-state index in [9.17, 15) is 34.5 Å². The lowest BCUT2D eigenvalue weighted by atomic mass is 10.0. The number of carbonyl (C=O) groups is 4. The number of para-hydroxylation sites is 1. The van der Waals surface area contributed by atoms with Crippen LogP contribution in [0.25, 0.3) is 10.9 Å². The SMILES string of the molecule is CC(O)C(N)C(=O)NC(Cc1c[nH]c2ccccc12)C(=O)NC(CS)C(=O)NC(C(=O)O)C(C)O. The van der Waals surface area contributed by atoms with Gasteiger partial charge < -0.3 is 42.0 Å². The summed E-state index contributed by atoms with van der Waals surface area (Å²) in [6.45, 7) is 2.53. The summed E-state index contributed by atoms with van der Waals surface area (Å²) >= 11 is 4.06. The maximum absolute atomic E-state index is 13.1. The number of aliphatic carboxylic acids is 1. The van der Waals surface area contributed by atoms with E-state index in [2.05, 4.69) is 33.6 Å². The highest BCUT2D eigenvalue weighted by Crippen LogP contribution is 2.19. The average molecular weight is 510 g/mol. The topological polar surface area (TPSA) is 207 Å². The van der Waals surface area contributed by atoms with Crippen LogP contribution in [0.15, 0.2) is 30.5 Å². The van der Waals surface area contributed by atoms with Crippen molar-refractivity contribution in [1.82, 2.24) is 20.9 Å². The lowest BCUT2D eigenvalue weighted by molar-refractivity contribution is -0.145. The third-order valence-corrected chi connectivity index (χ3v) is 5.78. The van der Waals surface area contributed by atoms with Gasteiger partial charge in [0, 0.05) is 29.3 Å². The molecule has 0 spiro atoms. The predicted molar refractivity (Wildman–Crippen MR) is 131 cm³/mol. The number of hydrogen-bond donors (Lipinski definition) is 9. The Balaban J connectivity index is 2.25. The van der Waals surface area contributed by atoms with E-state index >= 15 is 0 Å². The molecular weight excluding hydrogens is 478 g/mol. The number of aromatic amines is 1. The molecule has 3 amide bonds. The second-order valence-corrected chi connectivity index (χ2v) is 8.57. The zero-order valence-electron chi connectivity index (χ0n) is 19.3. The predicted octanol–water partition coefficient (Wildman–Crippen LogP) is -1.73. The number of carbonyl (C=O) groups excluding carboxylic acids is 3. The van der Waals surface area contributed by atoms with E-state index in [1.54, 1.807) is 6.20 Å². The highest BCUT2D eigenvalue weighted by molar-refractivity contribution is 7.80. The van der Waals surface area contributed by atoms with Gasteiger partial charge in [0.05, 0.1) is 12.2 Å². The molecule has 9 N–H and O–H groups in total. The van der Waals surface area contributed by atoms with Crippen molar-refractivity contribution in [2.24, 2.45) is 5.73 Å². The van der Waals surface area contributed by atoms with Gasteiger partial charge in [-0.3, -0.25) is 14.4 Å². The summed E-state index contributed by atoms with van der Waals surface area (Å²) in [6, 6.07) is 2.01. The van der Waals surface area contributed by atoms with Crippen molar-refractivity contribution in [3.63, 3.8) is 0 Å². The lowest BCUT2D eigenvalue weighted by Crippen LogP contribution is -2.59. The van der Waals surface area contributed by atoms with Gasteiger partial charge in [-0.05, 0) is 25.5 Å². The first-order chi connectivity index (χ1) is 16.5. The smallest absolute Gasteiger partial charge is 0.328 e. The zero-order valence-corrected chi connectivity index (χ0v) is 20.2. The molecular formula is C22H31N5O7S. The first-order valence-electron chi connectivity index (χ1n) is 10.9. The number of hydrogen-bond acceptors (Lipinski definition) is 8. The van der Waals surface area contributed by atoms with Crippen molar-refractivity contribution in [3.05, 3.63) is 36.0 Å². The van der Waals surface area contributed by atoms with E-state index in [0.29, 0.717) is 5.56 Å². The third-order valence-electron chi connectivity index (χ3n) is 5.42. The minimum absolute atomic E-state index is 0.0282.